The minimum atomic E-state index is -0.516. The van der Waals surface area contributed by atoms with Gasteiger partial charge in [0.1, 0.15) is 11.5 Å². The third kappa shape index (κ3) is 6.49. The lowest BCUT2D eigenvalue weighted by Gasteiger charge is -2.22. The SMILES string of the molecule is CCCN(CC(=O)Nc1ccccc1OC)C(=O)COc1ccc([N+](=O)[O-])cc1. The molecule has 2 rings (SSSR count). The fourth-order valence-electron chi connectivity index (χ4n) is 2.57. The Hall–Kier alpha value is -3.62. The van der Waals surface area contributed by atoms with Gasteiger partial charge in [-0.05, 0) is 30.7 Å². The molecule has 2 aromatic carbocycles. The number of non-ortho nitro benzene ring substituents is 1. The number of methoxy groups -OCH3 is 1. The van der Waals surface area contributed by atoms with Gasteiger partial charge in [-0.25, -0.2) is 0 Å². The van der Waals surface area contributed by atoms with Gasteiger partial charge in [0.2, 0.25) is 5.91 Å². The third-order valence-electron chi connectivity index (χ3n) is 3.97. The Morgan fingerprint density at radius 3 is 2.45 bits per heavy atom. The lowest BCUT2D eigenvalue weighted by atomic mass is 10.3. The lowest BCUT2D eigenvalue weighted by Crippen LogP contribution is -2.41. The minimum absolute atomic E-state index is 0.0655. The first-order valence-corrected chi connectivity index (χ1v) is 9.02. The fourth-order valence-corrected chi connectivity index (χ4v) is 2.57. The van der Waals surface area contributed by atoms with Crippen molar-refractivity contribution >= 4 is 23.2 Å². The van der Waals surface area contributed by atoms with Crippen LogP contribution in [0.4, 0.5) is 11.4 Å². The number of nitro groups is 1. The van der Waals surface area contributed by atoms with Crippen molar-refractivity contribution in [2.24, 2.45) is 0 Å². The molecule has 0 saturated heterocycles. The van der Waals surface area contributed by atoms with Gasteiger partial charge in [0.15, 0.2) is 6.61 Å². The number of nitrogens with one attached hydrogen (secondary N) is 1. The highest BCUT2D eigenvalue weighted by molar-refractivity contribution is 5.95. The Labute approximate surface area is 168 Å². The molecule has 0 unspecified atom stereocenters. The molecule has 1 N–H and O–H groups in total. The molecule has 0 bridgehead atoms. The summed E-state index contributed by atoms with van der Waals surface area (Å²) in [5.74, 6) is 0.140. The molecule has 9 nitrogen and oxygen atoms in total. The maximum absolute atomic E-state index is 12.5. The molecule has 0 aromatic heterocycles. The number of ether oxygens (including phenoxy) is 2. The number of benzene rings is 2. The van der Waals surface area contributed by atoms with E-state index in [1.165, 1.54) is 36.3 Å². The highest BCUT2D eigenvalue weighted by Gasteiger charge is 2.18. The predicted molar refractivity (Wildman–Crippen MR) is 107 cm³/mol. The average Bonchev–Trinajstić information content (AvgIpc) is 2.72. The van der Waals surface area contributed by atoms with Gasteiger partial charge in [-0.3, -0.25) is 19.7 Å². The second kappa shape index (κ2) is 10.6. The second-order valence-corrected chi connectivity index (χ2v) is 6.10. The number of hydrogen-bond acceptors (Lipinski definition) is 6. The van der Waals surface area contributed by atoms with E-state index in [0.717, 1.165) is 0 Å². The summed E-state index contributed by atoms with van der Waals surface area (Å²) < 4.78 is 10.6. The van der Waals surface area contributed by atoms with E-state index in [1.54, 1.807) is 24.3 Å². The van der Waals surface area contributed by atoms with E-state index in [4.69, 9.17) is 9.47 Å². The molecule has 2 aromatic rings. The van der Waals surface area contributed by atoms with Crippen LogP contribution in [0, 0.1) is 10.1 Å². The Kier molecular flexibility index (Phi) is 7.96. The van der Waals surface area contributed by atoms with E-state index in [2.05, 4.69) is 5.32 Å². The van der Waals surface area contributed by atoms with Crippen LogP contribution in [-0.2, 0) is 9.59 Å². The van der Waals surface area contributed by atoms with Crippen LogP contribution in [-0.4, -0.2) is 48.4 Å². The molecule has 29 heavy (non-hydrogen) atoms. The molecule has 154 valence electrons. The molecule has 0 spiro atoms. The van der Waals surface area contributed by atoms with Crippen molar-refractivity contribution in [2.45, 2.75) is 13.3 Å². The van der Waals surface area contributed by atoms with Crippen molar-refractivity contribution in [2.75, 3.05) is 32.1 Å². The first kappa shape index (κ1) is 21.7. The first-order valence-electron chi connectivity index (χ1n) is 9.02. The average molecular weight is 401 g/mol. The van der Waals surface area contributed by atoms with Gasteiger partial charge in [-0.15, -0.1) is 0 Å². The molecule has 0 atom stereocenters. The Morgan fingerprint density at radius 1 is 1.14 bits per heavy atom. The Balaban J connectivity index is 1.94. The van der Waals surface area contributed by atoms with Crippen LogP contribution in [0.5, 0.6) is 11.5 Å². The van der Waals surface area contributed by atoms with Crippen LogP contribution >= 0.6 is 0 Å². The van der Waals surface area contributed by atoms with E-state index >= 15 is 0 Å². The number of hydrogen-bond donors (Lipinski definition) is 1. The van der Waals surface area contributed by atoms with Gasteiger partial charge >= 0.3 is 0 Å². The smallest absolute Gasteiger partial charge is 0.269 e. The maximum atomic E-state index is 12.5. The van der Waals surface area contributed by atoms with Gasteiger partial charge < -0.3 is 19.7 Å². The monoisotopic (exact) mass is 401 g/mol. The number of nitrogens with zero attached hydrogens (tertiary/aromatic N) is 2. The zero-order chi connectivity index (χ0) is 21.2. The van der Waals surface area contributed by atoms with Crippen LogP contribution in [0.1, 0.15) is 13.3 Å². The van der Waals surface area contributed by atoms with Crippen LogP contribution in [0.25, 0.3) is 0 Å². The summed E-state index contributed by atoms with van der Waals surface area (Å²) in [6, 6.07) is 12.4. The Morgan fingerprint density at radius 2 is 1.83 bits per heavy atom. The minimum Gasteiger partial charge on any atom is -0.495 e. The van der Waals surface area contributed by atoms with E-state index in [-0.39, 0.29) is 30.7 Å². The standard InChI is InChI=1S/C20H23N3O6/c1-3-12-22(13-19(24)21-17-6-4-5-7-18(17)28-2)20(25)14-29-16-10-8-15(9-11-16)23(26)27/h4-11H,3,12-14H2,1-2H3,(H,21,24). The number of carbonyl (C=O) groups excluding carboxylic acids is 2. The maximum Gasteiger partial charge on any atom is 0.269 e. The lowest BCUT2D eigenvalue weighted by molar-refractivity contribution is -0.384. The van der Waals surface area contributed by atoms with Crippen LogP contribution in [0.3, 0.4) is 0 Å². The van der Waals surface area contributed by atoms with Gasteiger partial charge in [-0.1, -0.05) is 19.1 Å². The van der Waals surface area contributed by atoms with E-state index in [1.807, 2.05) is 6.92 Å². The van der Waals surface area contributed by atoms with Crippen molar-refractivity contribution < 1.29 is 24.0 Å². The summed E-state index contributed by atoms with van der Waals surface area (Å²) in [6.07, 6.45) is 0.672. The molecule has 0 aliphatic heterocycles. The molecular formula is C20H23N3O6. The largest absolute Gasteiger partial charge is 0.495 e. The van der Waals surface area contributed by atoms with E-state index in [9.17, 15) is 19.7 Å². The van der Waals surface area contributed by atoms with Gasteiger partial charge in [0, 0.05) is 18.7 Å². The number of carbonyl (C=O) groups is 2. The van der Waals surface area contributed by atoms with Gasteiger partial charge in [0.05, 0.1) is 24.3 Å². The van der Waals surface area contributed by atoms with E-state index in [0.29, 0.717) is 30.2 Å². The molecule has 0 heterocycles. The highest BCUT2D eigenvalue weighted by Crippen LogP contribution is 2.23. The van der Waals surface area contributed by atoms with Crippen molar-refractivity contribution in [1.29, 1.82) is 0 Å². The van der Waals surface area contributed by atoms with Crippen LogP contribution in [0.15, 0.2) is 48.5 Å². The number of nitro benzene ring substituents is 1. The van der Waals surface area contributed by atoms with Crippen molar-refractivity contribution in [1.82, 2.24) is 4.90 Å². The summed E-state index contributed by atoms with van der Waals surface area (Å²) in [6.45, 7) is 1.88. The summed E-state index contributed by atoms with van der Waals surface area (Å²) in [5.41, 5.74) is 0.454. The topological polar surface area (TPSA) is 111 Å². The number of amides is 2. The summed E-state index contributed by atoms with van der Waals surface area (Å²) in [7, 11) is 1.51. The fraction of sp³-hybridized carbons (Fsp3) is 0.300. The summed E-state index contributed by atoms with van der Waals surface area (Å²) >= 11 is 0. The highest BCUT2D eigenvalue weighted by atomic mass is 16.6. The zero-order valence-corrected chi connectivity index (χ0v) is 16.3. The molecule has 9 heteroatoms. The summed E-state index contributed by atoms with van der Waals surface area (Å²) in [5, 5.41) is 13.4. The first-order chi connectivity index (χ1) is 13.9. The molecule has 0 fully saturated rings. The van der Waals surface area contributed by atoms with Gasteiger partial charge in [-0.2, -0.15) is 0 Å². The van der Waals surface area contributed by atoms with Crippen LogP contribution in [0.2, 0.25) is 0 Å². The number of anilines is 1. The quantitative estimate of drug-likeness (QED) is 0.484. The second-order valence-electron chi connectivity index (χ2n) is 6.10. The predicted octanol–water partition coefficient (Wildman–Crippen LogP) is 2.86. The van der Waals surface area contributed by atoms with Crippen molar-refractivity contribution in [3.8, 4) is 11.5 Å². The van der Waals surface area contributed by atoms with E-state index < -0.39 is 4.92 Å². The Bertz CT molecular complexity index is 854. The molecule has 2 amide bonds. The molecule has 0 aliphatic rings. The molecule has 0 radical (unpaired) electrons. The molecule has 0 aliphatic carbocycles. The molecule has 0 saturated carbocycles. The summed E-state index contributed by atoms with van der Waals surface area (Å²) in [4.78, 5) is 36.4. The number of para-hydroxylation sites is 2. The van der Waals surface area contributed by atoms with Crippen molar-refractivity contribution in [3.63, 3.8) is 0 Å². The normalized spacial score (nSPS) is 10.1. The number of rotatable bonds is 10. The van der Waals surface area contributed by atoms with Gasteiger partial charge in [0.25, 0.3) is 11.6 Å². The van der Waals surface area contributed by atoms with Crippen LogP contribution < -0.4 is 14.8 Å². The zero-order valence-electron chi connectivity index (χ0n) is 16.3. The molecular weight excluding hydrogens is 378 g/mol. The van der Waals surface area contributed by atoms with Crippen molar-refractivity contribution in [3.05, 3.63) is 58.6 Å². The third-order valence-corrected chi connectivity index (χ3v) is 3.97.